The van der Waals surface area contributed by atoms with Gasteiger partial charge in [0.15, 0.2) is 0 Å². The number of aromatic hydroxyl groups is 1. The number of carbonyl (C=O) groups excluding carboxylic acids is 1. The van der Waals surface area contributed by atoms with Crippen molar-refractivity contribution in [2.24, 2.45) is 0 Å². The number of hydrogen-bond donors (Lipinski definition) is 2. The normalized spacial score (nSPS) is 10.2. The predicted molar refractivity (Wildman–Crippen MR) is 90.1 cm³/mol. The van der Waals surface area contributed by atoms with E-state index in [-0.39, 0.29) is 19.4 Å². The van der Waals surface area contributed by atoms with E-state index in [1.54, 1.807) is 12.4 Å². The van der Waals surface area contributed by atoms with Gasteiger partial charge in [0.2, 0.25) is 0 Å². The highest BCUT2D eigenvalue weighted by molar-refractivity contribution is 5.95. The molecule has 1 aromatic carbocycles. The van der Waals surface area contributed by atoms with Crippen LogP contribution in [0.15, 0.2) is 30.6 Å². The van der Waals surface area contributed by atoms with Crippen LogP contribution in [0, 0.1) is 13.8 Å². The van der Waals surface area contributed by atoms with Gasteiger partial charge in [0, 0.05) is 24.0 Å². The van der Waals surface area contributed by atoms with Crippen LogP contribution < -0.4 is 5.32 Å². The second-order valence-corrected chi connectivity index (χ2v) is 5.55. The standard InChI is InChI=1S/C17H20N2O2.CH4/c1-10(2)19-17(21)15-7-14(8-18-9-15)13-5-11(3)16(20)12(4)6-13;/h5-10,20H,1-4H3,(H,19,21);1H4. The van der Waals surface area contributed by atoms with Crippen molar-refractivity contribution in [3.05, 3.63) is 47.3 Å². The zero-order valence-electron chi connectivity index (χ0n) is 12.8. The number of amides is 1. The lowest BCUT2D eigenvalue weighted by Crippen LogP contribution is -2.30. The fraction of sp³-hybridized carbons (Fsp3) is 0.333. The zero-order valence-corrected chi connectivity index (χ0v) is 12.8. The summed E-state index contributed by atoms with van der Waals surface area (Å²) in [7, 11) is 0. The molecule has 2 rings (SSSR count). The molecule has 22 heavy (non-hydrogen) atoms. The van der Waals surface area contributed by atoms with Gasteiger partial charge in [0.25, 0.3) is 5.91 Å². The third-order valence-corrected chi connectivity index (χ3v) is 3.24. The quantitative estimate of drug-likeness (QED) is 0.905. The van der Waals surface area contributed by atoms with Crippen molar-refractivity contribution in [1.29, 1.82) is 0 Å². The van der Waals surface area contributed by atoms with E-state index in [0.717, 1.165) is 22.3 Å². The van der Waals surface area contributed by atoms with Crippen LogP contribution in [0.25, 0.3) is 11.1 Å². The average molecular weight is 300 g/mol. The van der Waals surface area contributed by atoms with Crippen molar-refractivity contribution in [3.8, 4) is 16.9 Å². The fourth-order valence-corrected chi connectivity index (χ4v) is 2.19. The number of phenolic OH excluding ortho intramolecular Hbond substituents is 1. The van der Waals surface area contributed by atoms with Crippen molar-refractivity contribution < 1.29 is 9.90 Å². The minimum atomic E-state index is -0.133. The van der Waals surface area contributed by atoms with E-state index in [4.69, 9.17) is 0 Å². The van der Waals surface area contributed by atoms with E-state index in [1.807, 2.05) is 45.9 Å². The molecule has 118 valence electrons. The van der Waals surface area contributed by atoms with Gasteiger partial charge >= 0.3 is 0 Å². The molecule has 1 heterocycles. The van der Waals surface area contributed by atoms with Gasteiger partial charge in [-0.05, 0) is 62.6 Å². The maximum Gasteiger partial charge on any atom is 0.253 e. The minimum Gasteiger partial charge on any atom is -0.507 e. The summed E-state index contributed by atoms with van der Waals surface area (Å²) in [6.07, 6.45) is 3.28. The van der Waals surface area contributed by atoms with Gasteiger partial charge < -0.3 is 10.4 Å². The first-order valence-electron chi connectivity index (χ1n) is 6.95. The van der Waals surface area contributed by atoms with Crippen molar-refractivity contribution in [3.63, 3.8) is 0 Å². The molecular formula is C18H24N2O2. The Labute approximate surface area is 132 Å². The Kier molecular flexibility index (Phi) is 5.69. The van der Waals surface area contributed by atoms with Crippen molar-refractivity contribution >= 4 is 5.91 Å². The molecule has 0 aliphatic rings. The number of aryl methyl sites for hydroxylation is 2. The molecule has 1 aromatic heterocycles. The molecule has 0 saturated heterocycles. The summed E-state index contributed by atoms with van der Waals surface area (Å²) in [5.74, 6) is 0.173. The summed E-state index contributed by atoms with van der Waals surface area (Å²) in [4.78, 5) is 16.2. The first kappa shape index (κ1) is 17.7. The van der Waals surface area contributed by atoms with Gasteiger partial charge in [0.05, 0.1) is 5.56 Å². The topological polar surface area (TPSA) is 62.2 Å². The SMILES string of the molecule is C.Cc1cc(-c2cncc(C(=O)NC(C)C)c2)cc(C)c1O. The van der Waals surface area contributed by atoms with Gasteiger partial charge in [-0.15, -0.1) is 0 Å². The lowest BCUT2D eigenvalue weighted by molar-refractivity contribution is 0.0943. The minimum absolute atomic E-state index is 0. The van der Waals surface area contributed by atoms with Crippen LogP contribution in [0.5, 0.6) is 5.75 Å². The summed E-state index contributed by atoms with van der Waals surface area (Å²) in [5, 5.41) is 12.7. The maximum absolute atomic E-state index is 12.0. The molecule has 4 heteroatoms. The first-order chi connectivity index (χ1) is 9.88. The molecule has 0 saturated carbocycles. The van der Waals surface area contributed by atoms with Gasteiger partial charge in [0.1, 0.15) is 5.75 Å². The van der Waals surface area contributed by atoms with Crippen LogP contribution in [0.3, 0.4) is 0 Å². The van der Waals surface area contributed by atoms with Crippen molar-refractivity contribution in [1.82, 2.24) is 10.3 Å². The molecule has 4 nitrogen and oxygen atoms in total. The number of nitrogens with zero attached hydrogens (tertiary/aromatic N) is 1. The number of carbonyl (C=O) groups is 1. The molecular weight excluding hydrogens is 276 g/mol. The Morgan fingerprint density at radius 2 is 1.68 bits per heavy atom. The molecule has 0 bridgehead atoms. The van der Waals surface area contributed by atoms with Crippen LogP contribution in [0.1, 0.15) is 42.8 Å². The van der Waals surface area contributed by atoms with E-state index < -0.39 is 0 Å². The summed E-state index contributed by atoms with van der Waals surface area (Å²) in [6.45, 7) is 7.55. The molecule has 0 spiro atoms. The Balaban J connectivity index is 0.00000242. The van der Waals surface area contributed by atoms with E-state index in [2.05, 4.69) is 10.3 Å². The van der Waals surface area contributed by atoms with Crippen LogP contribution in [0.4, 0.5) is 0 Å². The lowest BCUT2D eigenvalue weighted by Gasteiger charge is -2.11. The smallest absolute Gasteiger partial charge is 0.253 e. The summed E-state index contributed by atoms with van der Waals surface area (Å²) < 4.78 is 0. The van der Waals surface area contributed by atoms with E-state index in [1.165, 1.54) is 0 Å². The maximum atomic E-state index is 12.0. The molecule has 0 aliphatic heterocycles. The molecule has 2 N–H and O–H groups in total. The Hall–Kier alpha value is -2.36. The second kappa shape index (κ2) is 7.07. The fourth-order valence-electron chi connectivity index (χ4n) is 2.19. The lowest BCUT2D eigenvalue weighted by atomic mass is 10.00. The van der Waals surface area contributed by atoms with E-state index in [0.29, 0.717) is 11.3 Å². The van der Waals surface area contributed by atoms with Crippen LogP contribution in [-0.2, 0) is 0 Å². The first-order valence-corrected chi connectivity index (χ1v) is 6.95. The van der Waals surface area contributed by atoms with Crippen molar-refractivity contribution in [2.75, 3.05) is 0 Å². The number of hydrogen-bond acceptors (Lipinski definition) is 3. The molecule has 0 fully saturated rings. The summed E-state index contributed by atoms with van der Waals surface area (Å²) >= 11 is 0. The molecule has 2 aromatic rings. The summed E-state index contributed by atoms with van der Waals surface area (Å²) in [6, 6.07) is 5.68. The highest BCUT2D eigenvalue weighted by atomic mass is 16.3. The highest BCUT2D eigenvalue weighted by Gasteiger charge is 2.10. The second-order valence-electron chi connectivity index (χ2n) is 5.55. The number of phenols is 1. The third kappa shape index (κ3) is 3.85. The Morgan fingerprint density at radius 1 is 1.09 bits per heavy atom. The third-order valence-electron chi connectivity index (χ3n) is 3.24. The highest BCUT2D eigenvalue weighted by Crippen LogP contribution is 2.29. The summed E-state index contributed by atoms with van der Waals surface area (Å²) in [5.41, 5.74) is 3.95. The van der Waals surface area contributed by atoms with Crippen LogP contribution in [0.2, 0.25) is 0 Å². The van der Waals surface area contributed by atoms with Gasteiger partial charge in [-0.1, -0.05) is 7.43 Å². The predicted octanol–water partition coefficient (Wildman–Crippen LogP) is 3.85. The Bertz CT molecular complexity index is 656. The molecule has 0 atom stereocenters. The molecule has 1 amide bonds. The molecule has 0 aliphatic carbocycles. The number of nitrogens with one attached hydrogen (secondary N) is 1. The largest absolute Gasteiger partial charge is 0.507 e. The zero-order chi connectivity index (χ0) is 15.6. The number of aromatic nitrogens is 1. The van der Waals surface area contributed by atoms with Gasteiger partial charge in [-0.3, -0.25) is 9.78 Å². The van der Waals surface area contributed by atoms with Gasteiger partial charge in [-0.25, -0.2) is 0 Å². The van der Waals surface area contributed by atoms with Crippen molar-refractivity contribution in [2.45, 2.75) is 41.2 Å². The monoisotopic (exact) mass is 300 g/mol. The number of rotatable bonds is 3. The number of benzene rings is 1. The molecule has 0 radical (unpaired) electrons. The average Bonchev–Trinajstić information content (AvgIpc) is 2.43. The molecule has 0 unspecified atom stereocenters. The van der Waals surface area contributed by atoms with E-state index >= 15 is 0 Å². The number of pyridine rings is 1. The Morgan fingerprint density at radius 3 is 2.23 bits per heavy atom. The van der Waals surface area contributed by atoms with E-state index in [9.17, 15) is 9.90 Å². The van der Waals surface area contributed by atoms with Crippen LogP contribution >= 0.6 is 0 Å². The van der Waals surface area contributed by atoms with Crippen LogP contribution in [-0.4, -0.2) is 22.0 Å². The van der Waals surface area contributed by atoms with Gasteiger partial charge in [-0.2, -0.15) is 0 Å².